The second-order valence-electron chi connectivity index (χ2n) is 6.57. The zero-order valence-electron chi connectivity index (χ0n) is 14.9. The highest BCUT2D eigenvalue weighted by Crippen LogP contribution is 2.25. The number of hydrogen-bond acceptors (Lipinski definition) is 7. The molecular weight excluding hydrogens is 332 g/mol. The maximum Gasteiger partial charge on any atom is 0.222 e. The lowest BCUT2D eigenvalue weighted by atomic mass is 10.2. The van der Waals surface area contributed by atoms with Gasteiger partial charge in [-0.05, 0) is 25.5 Å². The van der Waals surface area contributed by atoms with Gasteiger partial charge in [0.2, 0.25) is 5.95 Å². The number of nitrogens with two attached hydrogens (primary N) is 1. The van der Waals surface area contributed by atoms with E-state index in [-0.39, 0.29) is 5.95 Å². The number of aryl methyl sites for hydroxylation is 3. The minimum atomic E-state index is -0.799. The van der Waals surface area contributed by atoms with Gasteiger partial charge in [-0.3, -0.25) is 9.36 Å². The number of rotatable bonds is 3. The molecule has 1 atom stereocenters. The van der Waals surface area contributed by atoms with Crippen molar-refractivity contribution in [2.75, 3.05) is 17.2 Å². The highest BCUT2D eigenvalue weighted by atomic mass is 16.3. The largest absolute Gasteiger partial charge is 0.380 e. The van der Waals surface area contributed by atoms with Crippen LogP contribution in [0.15, 0.2) is 24.4 Å². The molecule has 9 nitrogen and oxygen atoms in total. The Morgan fingerprint density at radius 2 is 2.08 bits per heavy atom. The number of hydrogen-bond donors (Lipinski definition) is 2. The van der Waals surface area contributed by atoms with Gasteiger partial charge < -0.3 is 15.7 Å². The first-order valence-corrected chi connectivity index (χ1v) is 8.60. The van der Waals surface area contributed by atoms with Crippen molar-refractivity contribution in [3.05, 3.63) is 47.2 Å². The molecule has 4 heterocycles. The smallest absolute Gasteiger partial charge is 0.222 e. The minimum Gasteiger partial charge on any atom is -0.380 e. The summed E-state index contributed by atoms with van der Waals surface area (Å²) in [5.41, 5.74) is 9.03. The standard InChI is InChI=1S/C17H22N8O/c1-11-8-15(21-17(18)20-11)24-6-3-7-25-12(10-24)9-13(22-25)16(26)14-4-5-19-23(14)2/h4-5,8-9,16,26H,3,6-7,10H2,1-2H3,(H2,18,20,21)/t16-/m1/s1. The second kappa shape index (κ2) is 6.41. The van der Waals surface area contributed by atoms with Crippen LogP contribution in [0, 0.1) is 6.92 Å². The topological polar surface area (TPSA) is 111 Å². The second-order valence-corrected chi connectivity index (χ2v) is 6.57. The fraction of sp³-hybridized carbons (Fsp3) is 0.412. The number of nitrogens with zero attached hydrogens (tertiary/aromatic N) is 7. The van der Waals surface area contributed by atoms with Gasteiger partial charge in [0.15, 0.2) is 0 Å². The summed E-state index contributed by atoms with van der Waals surface area (Å²) in [6.07, 6.45) is 1.80. The molecule has 0 saturated heterocycles. The predicted molar refractivity (Wildman–Crippen MR) is 96.3 cm³/mol. The molecule has 26 heavy (non-hydrogen) atoms. The van der Waals surface area contributed by atoms with E-state index < -0.39 is 6.10 Å². The summed E-state index contributed by atoms with van der Waals surface area (Å²) in [6.45, 7) is 4.22. The summed E-state index contributed by atoms with van der Waals surface area (Å²) >= 11 is 0. The average Bonchev–Trinajstić information content (AvgIpc) is 3.14. The molecule has 0 bridgehead atoms. The van der Waals surface area contributed by atoms with Gasteiger partial charge in [0, 0.05) is 38.1 Å². The van der Waals surface area contributed by atoms with Gasteiger partial charge in [0.1, 0.15) is 11.9 Å². The molecule has 136 valence electrons. The van der Waals surface area contributed by atoms with Crippen LogP contribution in [0.1, 0.15) is 35.3 Å². The number of aliphatic hydroxyl groups is 1. The molecular formula is C17H22N8O. The fourth-order valence-corrected chi connectivity index (χ4v) is 3.35. The third-order valence-electron chi connectivity index (χ3n) is 4.63. The third-order valence-corrected chi connectivity index (χ3v) is 4.63. The van der Waals surface area contributed by atoms with Crippen molar-refractivity contribution in [2.45, 2.75) is 32.5 Å². The van der Waals surface area contributed by atoms with E-state index in [2.05, 4.69) is 25.1 Å². The van der Waals surface area contributed by atoms with Crippen LogP contribution < -0.4 is 10.6 Å². The van der Waals surface area contributed by atoms with E-state index in [9.17, 15) is 5.11 Å². The van der Waals surface area contributed by atoms with E-state index in [1.54, 1.807) is 16.9 Å². The highest BCUT2D eigenvalue weighted by Gasteiger charge is 2.23. The Bertz CT molecular complexity index is 910. The van der Waals surface area contributed by atoms with Gasteiger partial charge in [-0.25, -0.2) is 4.98 Å². The molecule has 3 aromatic rings. The van der Waals surface area contributed by atoms with Gasteiger partial charge in [-0.2, -0.15) is 15.2 Å². The van der Waals surface area contributed by atoms with Crippen LogP contribution >= 0.6 is 0 Å². The lowest BCUT2D eigenvalue weighted by Gasteiger charge is -2.21. The third kappa shape index (κ3) is 3.01. The monoisotopic (exact) mass is 354 g/mol. The zero-order chi connectivity index (χ0) is 18.3. The SMILES string of the molecule is Cc1cc(N2CCCn3nc([C@@H](O)c4ccnn4C)cc3C2)nc(N)n1. The van der Waals surface area contributed by atoms with E-state index in [0.717, 1.165) is 36.7 Å². The Kier molecular flexibility index (Phi) is 4.08. The Balaban J connectivity index is 1.63. The number of nitrogen functional groups attached to an aromatic ring is 1. The Labute approximate surface area is 151 Å². The highest BCUT2D eigenvalue weighted by molar-refractivity contribution is 5.44. The average molecular weight is 354 g/mol. The van der Waals surface area contributed by atoms with Crippen molar-refractivity contribution < 1.29 is 5.11 Å². The van der Waals surface area contributed by atoms with Crippen molar-refractivity contribution in [3.8, 4) is 0 Å². The number of aromatic nitrogens is 6. The van der Waals surface area contributed by atoms with Crippen molar-refractivity contribution in [1.29, 1.82) is 0 Å². The first kappa shape index (κ1) is 16.5. The van der Waals surface area contributed by atoms with Gasteiger partial charge in [0.25, 0.3) is 0 Å². The lowest BCUT2D eigenvalue weighted by Crippen LogP contribution is -2.24. The summed E-state index contributed by atoms with van der Waals surface area (Å²) in [4.78, 5) is 10.7. The van der Waals surface area contributed by atoms with Crippen LogP contribution in [0.5, 0.6) is 0 Å². The molecule has 0 amide bonds. The predicted octanol–water partition coefficient (Wildman–Crippen LogP) is 0.789. The molecule has 0 radical (unpaired) electrons. The molecule has 0 fully saturated rings. The summed E-state index contributed by atoms with van der Waals surface area (Å²) < 4.78 is 3.63. The van der Waals surface area contributed by atoms with Gasteiger partial charge in [0.05, 0.1) is 23.6 Å². The van der Waals surface area contributed by atoms with Crippen molar-refractivity contribution in [2.24, 2.45) is 7.05 Å². The van der Waals surface area contributed by atoms with E-state index in [1.807, 2.05) is 30.8 Å². The molecule has 9 heteroatoms. The van der Waals surface area contributed by atoms with Gasteiger partial charge in [-0.1, -0.05) is 0 Å². The van der Waals surface area contributed by atoms with Gasteiger partial charge >= 0.3 is 0 Å². The van der Waals surface area contributed by atoms with E-state index in [1.165, 1.54) is 0 Å². The quantitative estimate of drug-likeness (QED) is 0.715. The molecule has 3 N–H and O–H groups in total. The molecule has 1 aliphatic rings. The summed E-state index contributed by atoms with van der Waals surface area (Å²) in [6, 6.07) is 5.69. The maximum atomic E-state index is 10.6. The number of anilines is 2. The number of fused-ring (bicyclic) bond motifs is 1. The molecule has 0 aromatic carbocycles. The zero-order valence-corrected chi connectivity index (χ0v) is 14.9. The first-order chi connectivity index (χ1) is 12.5. The summed E-state index contributed by atoms with van der Waals surface area (Å²) in [5.74, 6) is 1.10. The van der Waals surface area contributed by atoms with E-state index in [0.29, 0.717) is 17.9 Å². The molecule has 0 aliphatic carbocycles. The van der Waals surface area contributed by atoms with Crippen LogP contribution in [0.3, 0.4) is 0 Å². The van der Waals surface area contributed by atoms with E-state index >= 15 is 0 Å². The summed E-state index contributed by atoms with van der Waals surface area (Å²) in [5, 5.41) is 19.4. The lowest BCUT2D eigenvalue weighted by molar-refractivity contribution is 0.203. The Morgan fingerprint density at radius 3 is 2.81 bits per heavy atom. The van der Waals surface area contributed by atoms with Crippen molar-refractivity contribution >= 4 is 11.8 Å². The normalized spacial score (nSPS) is 15.6. The molecule has 3 aromatic heterocycles. The maximum absolute atomic E-state index is 10.6. The molecule has 0 saturated carbocycles. The molecule has 0 unspecified atom stereocenters. The first-order valence-electron chi connectivity index (χ1n) is 8.60. The Hall–Kier alpha value is -2.94. The van der Waals surface area contributed by atoms with Crippen molar-refractivity contribution in [1.82, 2.24) is 29.5 Å². The van der Waals surface area contributed by atoms with Crippen LogP contribution in [0.4, 0.5) is 11.8 Å². The molecule has 0 spiro atoms. The van der Waals surface area contributed by atoms with Crippen molar-refractivity contribution in [3.63, 3.8) is 0 Å². The van der Waals surface area contributed by atoms with Crippen LogP contribution in [-0.2, 0) is 20.1 Å². The van der Waals surface area contributed by atoms with Gasteiger partial charge in [-0.15, -0.1) is 0 Å². The minimum absolute atomic E-state index is 0.282. The Morgan fingerprint density at radius 1 is 1.23 bits per heavy atom. The summed E-state index contributed by atoms with van der Waals surface area (Å²) in [7, 11) is 1.81. The van der Waals surface area contributed by atoms with Crippen LogP contribution in [-0.4, -0.2) is 41.2 Å². The molecule has 4 rings (SSSR count). The molecule has 1 aliphatic heterocycles. The fourth-order valence-electron chi connectivity index (χ4n) is 3.35. The number of aliphatic hydroxyl groups excluding tert-OH is 1. The van der Waals surface area contributed by atoms with Crippen LogP contribution in [0.2, 0.25) is 0 Å². The van der Waals surface area contributed by atoms with Crippen LogP contribution in [0.25, 0.3) is 0 Å². The van der Waals surface area contributed by atoms with E-state index in [4.69, 9.17) is 5.73 Å².